The van der Waals surface area contributed by atoms with E-state index >= 15 is 0 Å². The van der Waals surface area contributed by atoms with Gasteiger partial charge in [-0.3, -0.25) is 0 Å². The van der Waals surface area contributed by atoms with Crippen LogP contribution in [0.5, 0.6) is 0 Å². The van der Waals surface area contributed by atoms with Gasteiger partial charge in [-0.1, -0.05) is 59.2 Å². The van der Waals surface area contributed by atoms with Crippen LogP contribution in [-0.4, -0.2) is 35.3 Å². The molecule has 0 aliphatic carbocycles. The summed E-state index contributed by atoms with van der Waals surface area (Å²) >= 11 is 6.30. The van der Waals surface area contributed by atoms with Crippen molar-refractivity contribution in [2.24, 2.45) is 5.16 Å². The molecule has 0 bridgehead atoms. The highest BCUT2D eigenvalue weighted by molar-refractivity contribution is 6.31. The highest BCUT2D eigenvalue weighted by Crippen LogP contribution is 2.22. The summed E-state index contributed by atoms with van der Waals surface area (Å²) in [6.07, 6.45) is 0.480. The monoisotopic (exact) mass is 399 g/mol. The molecule has 1 atom stereocenters. The third kappa shape index (κ3) is 5.04. The second-order valence-corrected chi connectivity index (χ2v) is 7.77. The van der Waals surface area contributed by atoms with E-state index in [0.717, 1.165) is 22.4 Å². The molecular formula is C22H26ClN3O2. The van der Waals surface area contributed by atoms with Crippen molar-refractivity contribution in [1.29, 1.82) is 0 Å². The first-order valence-electron chi connectivity index (χ1n) is 9.51. The number of halogens is 1. The fraction of sp³-hybridized carbons (Fsp3) is 0.364. The Hall–Kier alpha value is -2.53. The molecule has 3 rings (SSSR count). The van der Waals surface area contributed by atoms with Crippen LogP contribution in [0.3, 0.4) is 0 Å². The molecule has 1 heterocycles. The van der Waals surface area contributed by atoms with Crippen LogP contribution in [0.4, 0.5) is 4.79 Å². The Balaban J connectivity index is 1.71. The Morgan fingerprint density at radius 3 is 2.68 bits per heavy atom. The van der Waals surface area contributed by atoms with Gasteiger partial charge in [0.25, 0.3) is 0 Å². The SMILES string of the molecule is Cc1ccccc1C1=NO[C@@H](CN(Cc2ccccc2Cl)C(=O)NC(C)C)C1. The topological polar surface area (TPSA) is 53.9 Å². The molecule has 2 amide bonds. The third-order valence-electron chi connectivity index (χ3n) is 4.63. The minimum atomic E-state index is -0.185. The molecule has 1 aliphatic rings. The number of nitrogens with one attached hydrogen (secondary N) is 1. The summed E-state index contributed by atoms with van der Waals surface area (Å²) in [7, 11) is 0. The van der Waals surface area contributed by atoms with Crippen LogP contribution in [0, 0.1) is 6.92 Å². The minimum absolute atomic E-state index is 0.0459. The molecule has 2 aromatic carbocycles. The highest BCUT2D eigenvalue weighted by Gasteiger charge is 2.28. The predicted molar refractivity (Wildman–Crippen MR) is 113 cm³/mol. The zero-order valence-corrected chi connectivity index (χ0v) is 17.2. The summed E-state index contributed by atoms with van der Waals surface area (Å²) in [6.45, 7) is 6.79. The number of benzene rings is 2. The number of nitrogens with zero attached hydrogens (tertiary/aromatic N) is 2. The molecule has 0 unspecified atom stereocenters. The molecule has 1 aliphatic heterocycles. The number of hydrogen-bond donors (Lipinski definition) is 1. The molecule has 0 saturated carbocycles. The smallest absolute Gasteiger partial charge is 0.318 e. The zero-order chi connectivity index (χ0) is 20.1. The number of rotatable bonds is 6. The molecular weight excluding hydrogens is 374 g/mol. The zero-order valence-electron chi connectivity index (χ0n) is 16.5. The van der Waals surface area contributed by atoms with E-state index in [0.29, 0.717) is 24.5 Å². The van der Waals surface area contributed by atoms with Gasteiger partial charge >= 0.3 is 6.03 Å². The number of aryl methyl sites for hydroxylation is 1. The molecule has 0 saturated heterocycles. The van der Waals surface area contributed by atoms with Crippen molar-refractivity contribution in [3.05, 3.63) is 70.2 Å². The molecule has 0 aromatic heterocycles. The van der Waals surface area contributed by atoms with Crippen LogP contribution in [0.25, 0.3) is 0 Å². The molecule has 2 aromatic rings. The van der Waals surface area contributed by atoms with E-state index in [-0.39, 0.29) is 18.2 Å². The van der Waals surface area contributed by atoms with Gasteiger partial charge in [-0.2, -0.15) is 0 Å². The van der Waals surface area contributed by atoms with Gasteiger partial charge in [0.05, 0.1) is 12.3 Å². The average Bonchev–Trinajstić information content (AvgIpc) is 3.11. The fourth-order valence-corrected chi connectivity index (χ4v) is 3.41. The van der Waals surface area contributed by atoms with E-state index < -0.39 is 0 Å². The molecule has 0 fully saturated rings. The van der Waals surface area contributed by atoms with E-state index in [2.05, 4.69) is 23.5 Å². The highest BCUT2D eigenvalue weighted by atomic mass is 35.5. The van der Waals surface area contributed by atoms with Crippen molar-refractivity contribution >= 4 is 23.3 Å². The van der Waals surface area contributed by atoms with Crippen LogP contribution in [0.1, 0.15) is 37.0 Å². The summed E-state index contributed by atoms with van der Waals surface area (Å²) in [5.41, 5.74) is 4.08. The lowest BCUT2D eigenvalue weighted by molar-refractivity contribution is 0.0586. The summed E-state index contributed by atoms with van der Waals surface area (Å²) in [5, 5.41) is 7.89. The molecule has 28 heavy (non-hydrogen) atoms. The van der Waals surface area contributed by atoms with Gasteiger partial charge in [-0.25, -0.2) is 4.79 Å². The number of amides is 2. The molecule has 6 heteroatoms. The van der Waals surface area contributed by atoms with E-state index in [1.807, 2.05) is 56.3 Å². The van der Waals surface area contributed by atoms with Gasteiger partial charge in [0.1, 0.15) is 0 Å². The Morgan fingerprint density at radius 1 is 1.25 bits per heavy atom. The lowest BCUT2D eigenvalue weighted by Gasteiger charge is -2.26. The average molecular weight is 400 g/mol. The first kappa shape index (κ1) is 20.2. The Labute approximate surface area is 171 Å². The van der Waals surface area contributed by atoms with E-state index in [4.69, 9.17) is 16.4 Å². The van der Waals surface area contributed by atoms with Gasteiger partial charge < -0.3 is 15.1 Å². The lowest BCUT2D eigenvalue weighted by atomic mass is 10.0. The maximum atomic E-state index is 12.7. The second kappa shape index (κ2) is 9.11. The predicted octanol–water partition coefficient (Wildman–Crippen LogP) is 4.76. The van der Waals surface area contributed by atoms with Crippen LogP contribution in [-0.2, 0) is 11.4 Å². The summed E-state index contributed by atoms with van der Waals surface area (Å²) < 4.78 is 0. The first-order valence-corrected chi connectivity index (χ1v) is 9.89. The lowest BCUT2D eigenvalue weighted by Crippen LogP contribution is -2.45. The van der Waals surface area contributed by atoms with Crippen molar-refractivity contribution in [2.75, 3.05) is 6.54 Å². The largest absolute Gasteiger partial charge is 0.390 e. The normalized spacial score (nSPS) is 15.9. The van der Waals surface area contributed by atoms with Crippen molar-refractivity contribution in [3.63, 3.8) is 0 Å². The van der Waals surface area contributed by atoms with Gasteiger partial charge in [0.15, 0.2) is 6.10 Å². The number of urea groups is 1. The summed E-state index contributed by atoms with van der Waals surface area (Å²) in [6, 6.07) is 15.6. The second-order valence-electron chi connectivity index (χ2n) is 7.36. The molecule has 148 valence electrons. The van der Waals surface area contributed by atoms with Gasteiger partial charge in [-0.15, -0.1) is 0 Å². The molecule has 0 radical (unpaired) electrons. The fourth-order valence-electron chi connectivity index (χ4n) is 3.22. The standard InChI is InChI=1S/C22H26ClN3O2/c1-15(2)24-22(27)26(13-17-9-5-7-11-20(17)23)14-18-12-21(25-28-18)19-10-6-4-8-16(19)3/h4-11,15,18H,12-14H2,1-3H3,(H,24,27)/t18-/m1/s1. The van der Waals surface area contributed by atoms with Gasteiger partial charge in [0.2, 0.25) is 0 Å². The van der Waals surface area contributed by atoms with E-state index in [1.165, 1.54) is 0 Å². The number of oxime groups is 1. The number of hydrogen-bond acceptors (Lipinski definition) is 3. The Kier molecular flexibility index (Phi) is 6.57. The molecule has 1 N–H and O–H groups in total. The Morgan fingerprint density at radius 2 is 1.96 bits per heavy atom. The quantitative estimate of drug-likeness (QED) is 0.761. The van der Waals surface area contributed by atoms with Crippen molar-refractivity contribution < 1.29 is 9.63 Å². The number of carbonyl (C=O) groups excluding carboxylic acids is 1. The molecule has 5 nitrogen and oxygen atoms in total. The maximum Gasteiger partial charge on any atom is 0.318 e. The van der Waals surface area contributed by atoms with Gasteiger partial charge in [0, 0.05) is 29.6 Å². The van der Waals surface area contributed by atoms with Crippen LogP contribution >= 0.6 is 11.6 Å². The van der Waals surface area contributed by atoms with Gasteiger partial charge in [-0.05, 0) is 38.0 Å². The minimum Gasteiger partial charge on any atom is -0.390 e. The van der Waals surface area contributed by atoms with Crippen LogP contribution in [0.15, 0.2) is 53.7 Å². The number of carbonyl (C=O) groups is 1. The summed E-state index contributed by atoms with van der Waals surface area (Å²) in [5.74, 6) is 0. The van der Waals surface area contributed by atoms with E-state index in [9.17, 15) is 4.79 Å². The maximum absolute atomic E-state index is 12.7. The van der Waals surface area contributed by atoms with Crippen LogP contribution in [0.2, 0.25) is 5.02 Å². The van der Waals surface area contributed by atoms with Crippen LogP contribution < -0.4 is 5.32 Å². The van der Waals surface area contributed by atoms with Crippen molar-refractivity contribution in [2.45, 2.75) is 45.9 Å². The summed E-state index contributed by atoms with van der Waals surface area (Å²) in [4.78, 5) is 20.1. The van der Waals surface area contributed by atoms with E-state index in [1.54, 1.807) is 4.90 Å². The van der Waals surface area contributed by atoms with Crippen molar-refractivity contribution in [1.82, 2.24) is 10.2 Å². The van der Waals surface area contributed by atoms with Crippen molar-refractivity contribution in [3.8, 4) is 0 Å². The first-order chi connectivity index (χ1) is 13.4. The molecule has 0 spiro atoms. The Bertz CT molecular complexity index is 866. The third-order valence-corrected chi connectivity index (χ3v) is 5.00.